The second-order valence-electron chi connectivity index (χ2n) is 3.42. The van der Waals surface area contributed by atoms with E-state index in [1.54, 1.807) is 0 Å². The topological polar surface area (TPSA) is 35.2 Å². The van der Waals surface area contributed by atoms with Crippen LogP contribution in [0.3, 0.4) is 0 Å². The highest BCUT2D eigenvalue weighted by atomic mass is 32.1. The molecule has 0 unspecified atom stereocenters. The fraction of sp³-hybridized carbons (Fsp3) is 0.417. The van der Waals surface area contributed by atoms with Gasteiger partial charge in [-0.2, -0.15) is 0 Å². The number of thiocarbonyl (C=S) groups is 1. The van der Waals surface area contributed by atoms with Gasteiger partial charge in [0.05, 0.1) is 11.7 Å². The standard InChI is InChI=1S/C12H17NOS/c1-3-9(4-2)14-11-8-6-5-7-10(11)12(13)15/h5-9H,3-4H2,1-2H3,(H2,13,15). The van der Waals surface area contributed by atoms with Crippen molar-refractivity contribution in [2.45, 2.75) is 32.8 Å². The van der Waals surface area contributed by atoms with Gasteiger partial charge in [-0.25, -0.2) is 0 Å². The molecule has 0 aliphatic rings. The second-order valence-corrected chi connectivity index (χ2v) is 3.86. The molecule has 2 N–H and O–H groups in total. The summed E-state index contributed by atoms with van der Waals surface area (Å²) in [6.45, 7) is 4.22. The number of rotatable bonds is 5. The fourth-order valence-corrected chi connectivity index (χ4v) is 1.58. The molecule has 0 saturated carbocycles. The predicted molar refractivity (Wildman–Crippen MR) is 67.3 cm³/mol. The number of ether oxygens (including phenoxy) is 1. The Morgan fingerprint density at radius 2 is 1.93 bits per heavy atom. The van der Waals surface area contributed by atoms with Gasteiger partial charge in [0.15, 0.2) is 0 Å². The first-order chi connectivity index (χ1) is 7.19. The van der Waals surface area contributed by atoms with Crippen LogP contribution in [-0.2, 0) is 0 Å². The zero-order chi connectivity index (χ0) is 11.3. The van der Waals surface area contributed by atoms with E-state index in [4.69, 9.17) is 22.7 Å². The minimum atomic E-state index is 0.237. The van der Waals surface area contributed by atoms with E-state index in [0.717, 1.165) is 24.2 Å². The Bertz CT molecular complexity index is 334. The quantitative estimate of drug-likeness (QED) is 0.780. The molecule has 1 aromatic carbocycles. The van der Waals surface area contributed by atoms with Crippen LogP contribution < -0.4 is 10.5 Å². The van der Waals surface area contributed by atoms with E-state index in [9.17, 15) is 0 Å². The van der Waals surface area contributed by atoms with Gasteiger partial charge in [0.25, 0.3) is 0 Å². The van der Waals surface area contributed by atoms with Crippen LogP contribution in [0.25, 0.3) is 0 Å². The summed E-state index contributed by atoms with van der Waals surface area (Å²) >= 11 is 4.97. The molecule has 0 amide bonds. The van der Waals surface area contributed by atoms with Crippen molar-refractivity contribution < 1.29 is 4.74 Å². The SMILES string of the molecule is CCC(CC)Oc1ccccc1C(N)=S. The summed E-state index contributed by atoms with van der Waals surface area (Å²) in [6.07, 6.45) is 2.21. The minimum absolute atomic E-state index is 0.237. The molecule has 0 aliphatic carbocycles. The lowest BCUT2D eigenvalue weighted by Gasteiger charge is -2.17. The molecule has 0 radical (unpaired) electrons. The Kier molecular flexibility index (Phi) is 4.56. The predicted octanol–water partition coefficient (Wildman–Crippen LogP) is 2.89. The molecule has 3 heteroatoms. The molecule has 0 heterocycles. The van der Waals surface area contributed by atoms with E-state index in [2.05, 4.69) is 13.8 Å². The Labute approximate surface area is 96.4 Å². The lowest BCUT2D eigenvalue weighted by molar-refractivity contribution is 0.192. The Balaban J connectivity index is 2.88. The molecule has 2 nitrogen and oxygen atoms in total. The molecule has 15 heavy (non-hydrogen) atoms. The first-order valence-corrected chi connectivity index (χ1v) is 5.65. The first-order valence-electron chi connectivity index (χ1n) is 5.24. The van der Waals surface area contributed by atoms with E-state index in [1.807, 2.05) is 24.3 Å². The van der Waals surface area contributed by atoms with E-state index < -0.39 is 0 Å². The second kappa shape index (κ2) is 5.71. The normalized spacial score (nSPS) is 10.3. The Morgan fingerprint density at radius 1 is 1.33 bits per heavy atom. The summed E-state index contributed by atoms with van der Waals surface area (Å²) in [5.41, 5.74) is 6.44. The highest BCUT2D eigenvalue weighted by Gasteiger charge is 2.09. The molecular weight excluding hydrogens is 206 g/mol. The molecule has 0 aliphatic heterocycles. The van der Waals surface area contributed by atoms with Crippen LogP contribution in [0.2, 0.25) is 0 Å². The summed E-state index contributed by atoms with van der Waals surface area (Å²) in [5.74, 6) is 0.790. The molecular formula is C12H17NOS. The average molecular weight is 223 g/mol. The van der Waals surface area contributed by atoms with Crippen LogP contribution in [0.15, 0.2) is 24.3 Å². The van der Waals surface area contributed by atoms with Crippen LogP contribution in [0, 0.1) is 0 Å². The van der Waals surface area contributed by atoms with Crippen molar-refractivity contribution in [1.29, 1.82) is 0 Å². The zero-order valence-corrected chi connectivity index (χ0v) is 10.0. The number of benzene rings is 1. The van der Waals surface area contributed by atoms with Crippen molar-refractivity contribution in [3.8, 4) is 5.75 Å². The largest absolute Gasteiger partial charge is 0.490 e. The highest BCUT2D eigenvalue weighted by Crippen LogP contribution is 2.20. The first kappa shape index (κ1) is 12.0. The number of nitrogens with two attached hydrogens (primary N) is 1. The van der Waals surface area contributed by atoms with E-state index >= 15 is 0 Å². The third kappa shape index (κ3) is 3.20. The van der Waals surface area contributed by atoms with Crippen molar-refractivity contribution in [3.05, 3.63) is 29.8 Å². The Hall–Kier alpha value is -1.09. The molecule has 0 bridgehead atoms. The van der Waals surface area contributed by atoms with Crippen LogP contribution in [0.4, 0.5) is 0 Å². The third-order valence-corrected chi connectivity index (χ3v) is 2.58. The van der Waals surface area contributed by atoms with Crippen molar-refractivity contribution in [2.24, 2.45) is 5.73 Å². The minimum Gasteiger partial charge on any atom is -0.490 e. The maximum atomic E-state index is 5.84. The van der Waals surface area contributed by atoms with E-state index in [-0.39, 0.29) is 6.10 Å². The number of hydrogen-bond acceptors (Lipinski definition) is 2. The van der Waals surface area contributed by atoms with Gasteiger partial charge in [0.1, 0.15) is 10.7 Å². The Morgan fingerprint density at radius 3 is 2.47 bits per heavy atom. The van der Waals surface area contributed by atoms with Crippen LogP contribution >= 0.6 is 12.2 Å². The zero-order valence-electron chi connectivity index (χ0n) is 9.19. The number of para-hydroxylation sites is 1. The van der Waals surface area contributed by atoms with Gasteiger partial charge >= 0.3 is 0 Å². The third-order valence-electron chi connectivity index (χ3n) is 2.36. The summed E-state index contributed by atoms with van der Waals surface area (Å²) < 4.78 is 5.84. The van der Waals surface area contributed by atoms with Crippen molar-refractivity contribution in [3.63, 3.8) is 0 Å². The van der Waals surface area contributed by atoms with Gasteiger partial charge in [0.2, 0.25) is 0 Å². The maximum Gasteiger partial charge on any atom is 0.129 e. The molecule has 82 valence electrons. The summed E-state index contributed by atoms with van der Waals surface area (Å²) in [4.78, 5) is 0.386. The van der Waals surface area contributed by atoms with Gasteiger partial charge in [-0.15, -0.1) is 0 Å². The molecule has 0 aromatic heterocycles. The van der Waals surface area contributed by atoms with Gasteiger partial charge in [-0.3, -0.25) is 0 Å². The highest BCUT2D eigenvalue weighted by molar-refractivity contribution is 7.80. The van der Waals surface area contributed by atoms with E-state index in [1.165, 1.54) is 0 Å². The molecule has 1 rings (SSSR count). The molecule has 0 atom stereocenters. The lowest BCUT2D eigenvalue weighted by Crippen LogP contribution is -2.17. The van der Waals surface area contributed by atoms with Crippen molar-refractivity contribution in [2.75, 3.05) is 0 Å². The van der Waals surface area contributed by atoms with Crippen LogP contribution in [0.5, 0.6) is 5.75 Å². The van der Waals surface area contributed by atoms with Crippen LogP contribution in [0.1, 0.15) is 32.3 Å². The molecule has 1 aromatic rings. The lowest BCUT2D eigenvalue weighted by atomic mass is 10.2. The van der Waals surface area contributed by atoms with Crippen molar-refractivity contribution >= 4 is 17.2 Å². The van der Waals surface area contributed by atoms with Crippen LogP contribution in [-0.4, -0.2) is 11.1 Å². The summed E-state index contributed by atoms with van der Waals surface area (Å²) in [6, 6.07) is 7.64. The van der Waals surface area contributed by atoms with Gasteiger partial charge in [-0.1, -0.05) is 38.2 Å². The van der Waals surface area contributed by atoms with Crippen molar-refractivity contribution in [1.82, 2.24) is 0 Å². The molecule has 0 saturated heterocycles. The smallest absolute Gasteiger partial charge is 0.129 e. The average Bonchev–Trinajstić information content (AvgIpc) is 2.26. The van der Waals surface area contributed by atoms with E-state index in [0.29, 0.717) is 4.99 Å². The maximum absolute atomic E-state index is 5.84. The fourth-order valence-electron chi connectivity index (χ4n) is 1.41. The number of hydrogen-bond donors (Lipinski definition) is 1. The van der Waals surface area contributed by atoms with Gasteiger partial charge < -0.3 is 10.5 Å². The summed E-state index contributed by atoms with van der Waals surface area (Å²) in [7, 11) is 0. The summed E-state index contributed by atoms with van der Waals surface area (Å²) in [5, 5.41) is 0. The van der Waals surface area contributed by atoms with Gasteiger partial charge in [0, 0.05) is 0 Å². The molecule has 0 fully saturated rings. The van der Waals surface area contributed by atoms with Gasteiger partial charge in [-0.05, 0) is 25.0 Å². The molecule has 0 spiro atoms. The monoisotopic (exact) mass is 223 g/mol.